The Labute approximate surface area is 136 Å². The topological polar surface area (TPSA) is 86.6 Å². The van der Waals surface area contributed by atoms with Gasteiger partial charge in [0.15, 0.2) is 11.5 Å². The highest BCUT2D eigenvalue weighted by Crippen LogP contribution is 2.31. The number of phenolic OH excluding ortho intramolecular Hbond substituents is 2. The zero-order valence-corrected chi connectivity index (χ0v) is 14.2. The molecule has 0 aliphatic rings. The van der Waals surface area contributed by atoms with Crippen LogP contribution in [0.25, 0.3) is 0 Å². The first-order valence-corrected chi connectivity index (χ1v) is 8.69. The monoisotopic (exact) mass is 335 g/mol. The Morgan fingerprint density at radius 3 is 2.17 bits per heavy atom. The van der Waals surface area contributed by atoms with Crippen LogP contribution in [0.3, 0.4) is 0 Å². The summed E-state index contributed by atoms with van der Waals surface area (Å²) in [4.78, 5) is 0.215. The molecule has 0 fully saturated rings. The fourth-order valence-electron chi connectivity index (χ4n) is 2.12. The van der Waals surface area contributed by atoms with Crippen molar-refractivity contribution >= 4 is 10.0 Å². The summed E-state index contributed by atoms with van der Waals surface area (Å²) in [7, 11) is -3.60. The first kappa shape index (κ1) is 17.3. The fraction of sp³-hybridized carbons (Fsp3) is 0.294. The Bertz CT molecular complexity index is 796. The normalized spacial score (nSPS) is 12.3. The van der Waals surface area contributed by atoms with Gasteiger partial charge in [0.2, 0.25) is 10.0 Å². The minimum Gasteiger partial charge on any atom is -0.504 e. The van der Waals surface area contributed by atoms with Gasteiger partial charge in [-0.2, -0.15) is 0 Å². The molecule has 0 saturated heterocycles. The maximum absolute atomic E-state index is 12.3. The van der Waals surface area contributed by atoms with Crippen LogP contribution < -0.4 is 4.72 Å². The second-order valence-electron chi connectivity index (χ2n) is 6.22. The number of aromatic hydroxyl groups is 2. The second kappa shape index (κ2) is 6.22. The quantitative estimate of drug-likeness (QED) is 0.733. The number of benzene rings is 2. The van der Waals surface area contributed by atoms with Crippen LogP contribution in [0.2, 0.25) is 0 Å². The van der Waals surface area contributed by atoms with E-state index in [1.807, 2.05) is 20.8 Å². The van der Waals surface area contributed by atoms with Crippen LogP contribution in [0.4, 0.5) is 0 Å². The van der Waals surface area contributed by atoms with Gasteiger partial charge in [-0.1, -0.05) is 37.6 Å². The standard InChI is InChI=1S/C17H21NO4S/c1-12-4-7-14(8-5-12)23(21,22)18-11-17(2,3)13-6-9-15(19)16(20)10-13/h4-10,18-20H,11H2,1-3H3. The van der Waals surface area contributed by atoms with E-state index in [1.54, 1.807) is 30.3 Å². The van der Waals surface area contributed by atoms with Gasteiger partial charge in [-0.3, -0.25) is 0 Å². The molecule has 2 aromatic carbocycles. The molecule has 2 rings (SSSR count). The van der Waals surface area contributed by atoms with Crippen molar-refractivity contribution in [2.45, 2.75) is 31.1 Å². The minimum absolute atomic E-state index is 0.160. The molecule has 0 saturated carbocycles. The summed E-state index contributed by atoms with van der Waals surface area (Å²) in [5.74, 6) is -0.429. The van der Waals surface area contributed by atoms with E-state index in [0.717, 1.165) is 11.1 Å². The fourth-order valence-corrected chi connectivity index (χ4v) is 3.33. The smallest absolute Gasteiger partial charge is 0.240 e. The van der Waals surface area contributed by atoms with Gasteiger partial charge in [-0.05, 0) is 36.8 Å². The molecule has 0 atom stereocenters. The van der Waals surface area contributed by atoms with Crippen LogP contribution in [0.5, 0.6) is 11.5 Å². The molecule has 0 spiro atoms. The van der Waals surface area contributed by atoms with E-state index in [-0.39, 0.29) is 22.9 Å². The highest BCUT2D eigenvalue weighted by molar-refractivity contribution is 7.89. The van der Waals surface area contributed by atoms with Crippen molar-refractivity contribution < 1.29 is 18.6 Å². The van der Waals surface area contributed by atoms with E-state index in [1.165, 1.54) is 12.1 Å². The number of nitrogens with one attached hydrogen (secondary N) is 1. The van der Waals surface area contributed by atoms with Crippen LogP contribution in [0.1, 0.15) is 25.0 Å². The van der Waals surface area contributed by atoms with E-state index in [4.69, 9.17) is 0 Å². The van der Waals surface area contributed by atoms with E-state index < -0.39 is 15.4 Å². The van der Waals surface area contributed by atoms with Crippen molar-refractivity contribution in [3.8, 4) is 11.5 Å². The van der Waals surface area contributed by atoms with Crippen molar-refractivity contribution in [2.75, 3.05) is 6.54 Å². The molecule has 0 aliphatic heterocycles. The summed E-state index contributed by atoms with van der Waals surface area (Å²) in [6.45, 7) is 5.77. The number of hydrogen-bond acceptors (Lipinski definition) is 4. The number of phenols is 2. The van der Waals surface area contributed by atoms with Gasteiger partial charge in [-0.25, -0.2) is 13.1 Å². The average molecular weight is 335 g/mol. The van der Waals surface area contributed by atoms with Crippen molar-refractivity contribution in [3.05, 3.63) is 53.6 Å². The lowest BCUT2D eigenvalue weighted by Gasteiger charge is -2.26. The molecule has 3 N–H and O–H groups in total. The van der Waals surface area contributed by atoms with Crippen LogP contribution in [-0.4, -0.2) is 25.2 Å². The molecule has 0 heterocycles. The molecule has 23 heavy (non-hydrogen) atoms. The average Bonchev–Trinajstić information content (AvgIpc) is 2.48. The Kier molecular flexibility index (Phi) is 4.68. The van der Waals surface area contributed by atoms with Gasteiger partial charge in [0.05, 0.1) is 4.90 Å². The van der Waals surface area contributed by atoms with Crippen molar-refractivity contribution in [3.63, 3.8) is 0 Å². The van der Waals surface area contributed by atoms with Gasteiger partial charge in [0.1, 0.15) is 0 Å². The molecule has 0 bridgehead atoms. The van der Waals surface area contributed by atoms with Gasteiger partial charge >= 0.3 is 0 Å². The van der Waals surface area contributed by atoms with Gasteiger partial charge in [0.25, 0.3) is 0 Å². The summed E-state index contributed by atoms with van der Waals surface area (Å²) in [6, 6.07) is 11.1. The lowest BCUT2D eigenvalue weighted by atomic mass is 9.85. The van der Waals surface area contributed by atoms with Crippen LogP contribution >= 0.6 is 0 Å². The lowest BCUT2D eigenvalue weighted by Crippen LogP contribution is -2.36. The van der Waals surface area contributed by atoms with E-state index in [2.05, 4.69) is 4.72 Å². The largest absolute Gasteiger partial charge is 0.504 e. The summed E-state index contributed by atoms with van der Waals surface area (Å²) < 4.78 is 27.3. The highest BCUT2D eigenvalue weighted by atomic mass is 32.2. The molecular formula is C17H21NO4S. The van der Waals surface area contributed by atoms with Crippen molar-refractivity contribution in [1.82, 2.24) is 4.72 Å². The summed E-state index contributed by atoms with van der Waals surface area (Å²) in [6.07, 6.45) is 0. The molecule has 6 heteroatoms. The van der Waals surface area contributed by atoms with Crippen molar-refractivity contribution in [1.29, 1.82) is 0 Å². The number of rotatable bonds is 5. The first-order valence-electron chi connectivity index (χ1n) is 7.21. The Morgan fingerprint density at radius 1 is 1.00 bits per heavy atom. The Morgan fingerprint density at radius 2 is 1.61 bits per heavy atom. The van der Waals surface area contributed by atoms with Gasteiger partial charge in [0, 0.05) is 12.0 Å². The summed E-state index contributed by atoms with van der Waals surface area (Å²) in [5.41, 5.74) is 1.16. The zero-order chi connectivity index (χ0) is 17.3. The molecule has 0 aliphatic carbocycles. The van der Waals surface area contributed by atoms with E-state index >= 15 is 0 Å². The Hall–Kier alpha value is -2.05. The summed E-state index contributed by atoms with van der Waals surface area (Å²) in [5, 5.41) is 19.0. The second-order valence-corrected chi connectivity index (χ2v) is 7.99. The molecule has 2 aromatic rings. The molecule has 0 radical (unpaired) electrons. The summed E-state index contributed by atoms with van der Waals surface area (Å²) >= 11 is 0. The number of hydrogen-bond donors (Lipinski definition) is 3. The third kappa shape index (κ3) is 4.03. The molecule has 0 unspecified atom stereocenters. The maximum atomic E-state index is 12.3. The SMILES string of the molecule is Cc1ccc(S(=O)(=O)NCC(C)(C)c2ccc(O)c(O)c2)cc1. The van der Waals surface area contributed by atoms with Crippen LogP contribution in [0, 0.1) is 6.92 Å². The Balaban J connectivity index is 2.17. The first-order chi connectivity index (χ1) is 10.6. The predicted molar refractivity (Wildman–Crippen MR) is 89.2 cm³/mol. The van der Waals surface area contributed by atoms with Crippen LogP contribution in [-0.2, 0) is 15.4 Å². The molecular weight excluding hydrogens is 314 g/mol. The zero-order valence-electron chi connectivity index (χ0n) is 13.4. The van der Waals surface area contributed by atoms with E-state index in [0.29, 0.717) is 0 Å². The predicted octanol–water partition coefficient (Wildman–Crippen LogP) is 2.66. The third-order valence-electron chi connectivity index (χ3n) is 3.79. The minimum atomic E-state index is -3.60. The molecule has 0 amide bonds. The third-order valence-corrected chi connectivity index (χ3v) is 5.21. The lowest BCUT2D eigenvalue weighted by molar-refractivity contribution is 0.400. The maximum Gasteiger partial charge on any atom is 0.240 e. The molecule has 5 nitrogen and oxygen atoms in total. The highest BCUT2D eigenvalue weighted by Gasteiger charge is 2.25. The van der Waals surface area contributed by atoms with Crippen LogP contribution in [0.15, 0.2) is 47.4 Å². The van der Waals surface area contributed by atoms with Gasteiger partial charge < -0.3 is 10.2 Å². The van der Waals surface area contributed by atoms with Gasteiger partial charge in [-0.15, -0.1) is 0 Å². The van der Waals surface area contributed by atoms with Crippen molar-refractivity contribution in [2.24, 2.45) is 0 Å². The number of sulfonamides is 1. The number of aryl methyl sites for hydroxylation is 1. The molecule has 124 valence electrons. The van der Waals surface area contributed by atoms with E-state index in [9.17, 15) is 18.6 Å². The molecule has 0 aromatic heterocycles.